The Balaban J connectivity index is 2.63. The Morgan fingerprint density at radius 2 is 1.95 bits per heavy atom. The van der Waals surface area contributed by atoms with Crippen molar-refractivity contribution in [2.45, 2.75) is 32.9 Å². The van der Waals surface area contributed by atoms with Crippen LogP contribution in [0.2, 0.25) is 0 Å². The summed E-state index contributed by atoms with van der Waals surface area (Å²) in [5.41, 5.74) is 1.69. The summed E-state index contributed by atoms with van der Waals surface area (Å²) >= 11 is 0. The van der Waals surface area contributed by atoms with E-state index in [1.165, 1.54) is 7.11 Å². The van der Waals surface area contributed by atoms with Crippen molar-refractivity contribution in [1.82, 2.24) is 5.32 Å². The number of aliphatic hydroxyl groups excluding tert-OH is 1. The highest BCUT2D eigenvalue weighted by Gasteiger charge is 2.11. The first-order chi connectivity index (χ1) is 9.99. The largest absolute Gasteiger partial charge is 0.389 e. The summed E-state index contributed by atoms with van der Waals surface area (Å²) in [5.74, 6) is -0.190. The summed E-state index contributed by atoms with van der Waals surface area (Å²) in [5, 5.41) is 12.2. The Kier molecular flexibility index (Phi) is 7.19. The normalized spacial score (nSPS) is 12.3. The molecule has 0 radical (unpaired) electrons. The second kappa shape index (κ2) is 8.64. The van der Waals surface area contributed by atoms with E-state index in [-0.39, 0.29) is 19.1 Å². The van der Waals surface area contributed by atoms with Crippen molar-refractivity contribution in [3.8, 4) is 0 Å². The molecular weight excluding hydrogens is 268 g/mol. The van der Waals surface area contributed by atoms with Gasteiger partial charge in [-0.3, -0.25) is 4.79 Å². The van der Waals surface area contributed by atoms with E-state index in [1.807, 2.05) is 12.1 Å². The van der Waals surface area contributed by atoms with Crippen molar-refractivity contribution >= 4 is 11.6 Å². The molecule has 0 saturated heterocycles. The van der Waals surface area contributed by atoms with E-state index in [0.29, 0.717) is 11.6 Å². The minimum atomic E-state index is -0.685. The molecule has 5 heteroatoms. The van der Waals surface area contributed by atoms with E-state index in [2.05, 4.69) is 31.0 Å². The smallest absolute Gasteiger partial charge is 0.251 e. The Morgan fingerprint density at radius 1 is 1.33 bits per heavy atom. The molecule has 0 saturated carbocycles. The molecule has 0 heterocycles. The van der Waals surface area contributed by atoms with Crippen LogP contribution in [0.5, 0.6) is 0 Å². The Labute approximate surface area is 126 Å². The lowest BCUT2D eigenvalue weighted by Gasteiger charge is -2.27. The molecule has 0 bridgehead atoms. The topological polar surface area (TPSA) is 61.8 Å². The zero-order chi connectivity index (χ0) is 15.8. The van der Waals surface area contributed by atoms with Crippen LogP contribution >= 0.6 is 0 Å². The molecular formula is C16H26N2O3. The maximum atomic E-state index is 12.0. The number of amides is 1. The number of hydrogen-bond donors (Lipinski definition) is 2. The third-order valence-electron chi connectivity index (χ3n) is 3.28. The summed E-state index contributed by atoms with van der Waals surface area (Å²) < 4.78 is 4.81. The number of benzene rings is 1. The molecule has 0 spiro atoms. The number of anilines is 1. The maximum absolute atomic E-state index is 12.0. The molecule has 118 valence electrons. The Morgan fingerprint density at radius 3 is 2.43 bits per heavy atom. The van der Waals surface area contributed by atoms with Gasteiger partial charge in [-0.1, -0.05) is 0 Å². The van der Waals surface area contributed by atoms with Crippen molar-refractivity contribution < 1.29 is 14.6 Å². The lowest BCUT2D eigenvalue weighted by atomic mass is 10.1. The van der Waals surface area contributed by atoms with Crippen LogP contribution in [0.15, 0.2) is 24.3 Å². The van der Waals surface area contributed by atoms with Gasteiger partial charge >= 0.3 is 0 Å². The van der Waals surface area contributed by atoms with Crippen molar-refractivity contribution in [1.29, 1.82) is 0 Å². The summed E-state index contributed by atoms with van der Waals surface area (Å²) in [7, 11) is 1.51. The minimum absolute atomic E-state index is 0.182. The minimum Gasteiger partial charge on any atom is -0.389 e. The highest BCUT2D eigenvalue weighted by atomic mass is 16.5. The quantitative estimate of drug-likeness (QED) is 0.765. The lowest BCUT2D eigenvalue weighted by molar-refractivity contribution is 0.0610. The lowest BCUT2D eigenvalue weighted by Crippen LogP contribution is -2.34. The van der Waals surface area contributed by atoms with E-state index in [9.17, 15) is 9.90 Å². The van der Waals surface area contributed by atoms with E-state index in [0.717, 1.165) is 12.2 Å². The molecule has 21 heavy (non-hydrogen) atoms. The van der Waals surface area contributed by atoms with Crippen LogP contribution in [0.1, 0.15) is 31.1 Å². The zero-order valence-corrected chi connectivity index (χ0v) is 13.3. The molecule has 5 nitrogen and oxygen atoms in total. The third-order valence-corrected chi connectivity index (χ3v) is 3.28. The number of carbonyl (C=O) groups excluding carboxylic acids is 1. The van der Waals surface area contributed by atoms with Crippen molar-refractivity contribution in [2.75, 3.05) is 31.7 Å². The molecule has 0 aliphatic rings. The highest BCUT2D eigenvalue weighted by Crippen LogP contribution is 2.17. The first-order valence-corrected chi connectivity index (χ1v) is 7.31. The molecule has 1 amide bonds. The molecule has 2 N–H and O–H groups in total. The van der Waals surface area contributed by atoms with Gasteiger partial charge in [0.2, 0.25) is 0 Å². The predicted octanol–water partition coefficient (Wildman–Crippen LogP) is 1.66. The molecule has 0 aliphatic carbocycles. The van der Waals surface area contributed by atoms with Gasteiger partial charge in [-0.05, 0) is 45.0 Å². The number of nitrogens with one attached hydrogen (secondary N) is 1. The van der Waals surface area contributed by atoms with E-state index < -0.39 is 6.10 Å². The summed E-state index contributed by atoms with van der Waals surface area (Å²) in [6.45, 7) is 7.70. The number of nitrogens with zero attached hydrogens (tertiary/aromatic N) is 1. The number of hydrogen-bond acceptors (Lipinski definition) is 4. The molecule has 0 aliphatic heterocycles. The summed E-state index contributed by atoms with van der Waals surface area (Å²) in [6, 6.07) is 7.92. The standard InChI is InChI=1S/C16H26N2O3/c1-5-18(12(2)3)14-8-6-13(7-9-14)16(20)17-10-15(19)11-21-4/h6-9,12,15,19H,5,10-11H2,1-4H3,(H,17,20). The molecule has 0 fully saturated rings. The van der Waals surface area contributed by atoms with Gasteiger partial charge in [0.15, 0.2) is 0 Å². The average Bonchev–Trinajstić information content (AvgIpc) is 2.46. The van der Waals surface area contributed by atoms with Crippen LogP contribution in [0, 0.1) is 0 Å². The van der Waals surface area contributed by atoms with Gasteiger partial charge in [0.1, 0.15) is 0 Å². The van der Waals surface area contributed by atoms with Gasteiger partial charge in [0.25, 0.3) is 5.91 Å². The average molecular weight is 294 g/mol. The van der Waals surface area contributed by atoms with Crippen molar-refractivity contribution in [3.05, 3.63) is 29.8 Å². The first kappa shape index (κ1) is 17.5. The van der Waals surface area contributed by atoms with E-state index >= 15 is 0 Å². The number of aliphatic hydroxyl groups is 1. The molecule has 1 aromatic carbocycles. The van der Waals surface area contributed by atoms with Gasteiger partial charge < -0.3 is 20.1 Å². The molecule has 1 unspecified atom stereocenters. The fourth-order valence-corrected chi connectivity index (χ4v) is 2.21. The number of methoxy groups -OCH3 is 1. The monoisotopic (exact) mass is 294 g/mol. The molecule has 1 rings (SSSR count). The number of ether oxygens (including phenoxy) is 1. The molecule has 0 aromatic heterocycles. The Bertz CT molecular complexity index is 432. The summed E-state index contributed by atoms with van der Waals surface area (Å²) in [6.07, 6.45) is -0.685. The predicted molar refractivity (Wildman–Crippen MR) is 84.8 cm³/mol. The summed E-state index contributed by atoms with van der Waals surface area (Å²) in [4.78, 5) is 14.2. The third kappa shape index (κ3) is 5.36. The van der Waals surface area contributed by atoms with Crippen LogP contribution in [-0.4, -0.2) is 50.0 Å². The molecule has 1 atom stereocenters. The molecule has 1 aromatic rings. The van der Waals surface area contributed by atoms with Crippen LogP contribution in [0.3, 0.4) is 0 Å². The van der Waals surface area contributed by atoms with Crippen molar-refractivity contribution in [2.24, 2.45) is 0 Å². The van der Waals surface area contributed by atoms with E-state index in [1.54, 1.807) is 12.1 Å². The maximum Gasteiger partial charge on any atom is 0.251 e. The number of carbonyl (C=O) groups is 1. The van der Waals surface area contributed by atoms with Crippen LogP contribution < -0.4 is 10.2 Å². The van der Waals surface area contributed by atoms with Crippen LogP contribution in [0.25, 0.3) is 0 Å². The fraction of sp³-hybridized carbons (Fsp3) is 0.562. The number of rotatable bonds is 8. The van der Waals surface area contributed by atoms with Gasteiger partial charge in [0, 0.05) is 37.5 Å². The van der Waals surface area contributed by atoms with Gasteiger partial charge in [-0.25, -0.2) is 0 Å². The SMILES string of the molecule is CCN(c1ccc(C(=O)NCC(O)COC)cc1)C(C)C. The second-order valence-electron chi connectivity index (χ2n) is 5.25. The van der Waals surface area contributed by atoms with Crippen LogP contribution in [-0.2, 0) is 4.74 Å². The fourth-order valence-electron chi connectivity index (χ4n) is 2.21. The second-order valence-corrected chi connectivity index (χ2v) is 5.25. The van der Waals surface area contributed by atoms with Gasteiger partial charge in [0.05, 0.1) is 12.7 Å². The zero-order valence-electron chi connectivity index (χ0n) is 13.3. The van der Waals surface area contributed by atoms with Crippen molar-refractivity contribution in [3.63, 3.8) is 0 Å². The first-order valence-electron chi connectivity index (χ1n) is 7.31. The Hall–Kier alpha value is -1.59. The van der Waals surface area contributed by atoms with Crippen LogP contribution in [0.4, 0.5) is 5.69 Å². The van der Waals surface area contributed by atoms with E-state index in [4.69, 9.17) is 4.74 Å². The van der Waals surface area contributed by atoms with Gasteiger partial charge in [-0.2, -0.15) is 0 Å². The van der Waals surface area contributed by atoms with Gasteiger partial charge in [-0.15, -0.1) is 0 Å². The highest BCUT2D eigenvalue weighted by molar-refractivity contribution is 5.94.